The summed E-state index contributed by atoms with van der Waals surface area (Å²) in [4.78, 5) is 34.9. The fourth-order valence-corrected chi connectivity index (χ4v) is 2.60. The van der Waals surface area contributed by atoms with Gasteiger partial charge in [0, 0.05) is 33.8 Å². The summed E-state index contributed by atoms with van der Waals surface area (Å²) in [6.07, 6.45) is -0.118. The molecule has 0 atom stereocenters. The Morgan fingerprint density at radius 1 is 1.00 bits per heavy atom. The Labute approximate surface area is 154 Å². The summed E-state index contributed by atoms with van der Waals surface area (Å²) in [5.74, 6) is -1.16. The van der Waals surface area contributed by atoms with Crippen LogP contribution in [0.1, 0.15) is 22.8 Å². The van der Waals surface area contributed by atoms with Gasteiger partial charge in [-0.05, 0) is 36.4 Å². The molecule has 0 bridgehead atoms. The van der Waals surface area contributed by atoms with E-state index in [1.165, 1.54) is 6.92 Å². The lowest BCUT2D eigenvalue weighted by Gasteiger charge is -2.08. The molecule has 0 aliphatic carbocycles. The summed E-state index contributed by atoms with van der Waals surface area (Å²) in [6, 6.07) is 11.2. The van der Waals surface area contributed by atoms with Crippen molar-refractivity contribution in [3.63, 3.8) is 0 Å². The lowest BCUT2D eigenvalue weighted by atomic mass is 10.1. The standard InChI is InChI=1S/C18H15Cl2NO4/c1-11(22)21-13-7-5-12(6-8-13)17(23)10-25-18(24)9-14-15(19)3-2-4-16(14)20/h2-8H,9-10H2,1H3,(H,21,22). The van der Waals surface area contributed by atoms with Gasteiger partial charge in [0.2, 0.25) is 5.91 Å². The van der Waals surface area contributed by atoms with E-state index in [-0.39, 0.29) is 24.7 Å². The van der Waals surface area contributed by atoms with Crippen LogP contribution in [0.25, 0.3) is 0 Å². The second kappa shape index (κ2) is 8.65. The number of amides is 1. The SMILES string of the molecule is CC(=O)Nc1ccc(C(=O)COC(=O)Cc2c(Cl)cccc2Cl)cc1. The molecule has 0 aliphatic rings. The number of carbonyl (C=O) groups is 3. The number of hydrogen-bond acceptors (Lipinski definition) is 4. The van der Waals surface area contributed by atoms with Gasteiger partial charge in [-0.1, -0.05) is 29.3 Å². The predicted molar refractivity (Wildman–Crippen MR) is 96.2 cm³/mol. The molecule has 1 N–H and O–H groups in total. The molecule has 0 saturated carbocycles. The summed E-state index contributed by atoms with van der Waals surface area (Å²) >= 11 is 12.0. The van der Waals surface area contributed by atoms with Crippen molar-refractivity contribution in [1.29, 1.82) is 0 Å². The molecule has 130 valence electrons. The number of rotatable bonds is 6. The first-order valence-corrected chi connectivity index (χ1v) is 8.12. The summed E-state index contributed by atoms with van der Waals surface area (Å²) in [5.41, 5.74) is 1.41. The molecule has 0 unspecified atom stereocenters. The number of halogens is 2. The predicted octanol–water partition coefficient (Wildman–Crippen LogP) is 3.92. The minimum Gasteiger partial charge on any atom is -0.457 e. The number of benzene rings is 2. The summed E-state index contributed by atoms with van der Waals surface area (Å²) in [7, 11) is 0. The molecule has 0 fully saturated rings. The van der Waals surface area contributed by atoms with Crippen LogP contribution >= 0.6 is 23.2 Å². The fourth-order valence-electron chi connectivity index (χ4n) is 2.07. The lowest BCUT2D eigenvalue weighted by molar-refractivity contribution is -0.141. The van der Waals surface area contributed by atoms with Crippen molar-refractivity contribution in [2.24, 2.45) is 0 Å². The topological polar surface area (TPSA) is 72.5 Å². The van der Waals surface area contributed by atoms with E-state index in [1.807, 2.05) is 0 Å². The first kappa shape index (κ1) is 19.0. The molecule has 0 aromatic heterocycles. The molecule has 1 amide bonds. The highest BCUT2D eigenvalue weighted by Gasteiger charge is 2.14. The van der Waals surface area contributed by atoms with Crippen LogP contribution in [0.3, 0.4) is 0 Å². The zero-order valence-corrected chi connectivity index (χ0v) is 14.9. The van der Waals surface area contributed by atoms with E-state index < -0.39 is 5.97 Å². The lowest BCUT2D eigenvalue weighted by Crippen LogP contribution is -2.16. The van der Waals surface area contributed by atoms with Crippen LogP contribution in [-0.2, 0) is 20.7 Å². The summed E-state index contributed by atoms with van der Waals surface area (Å²) in [5, 5.41) is 3.33. The second-order valence-corrected chi connectivity index (χ2v) is 6.03. The molecule has 2 rings (SSSR count). The fraction of sp³-hybridized carbons (Fsp3) is 0.167. The van der Waals surface area contributed by atoms with E-state index in [9.17, 15) is 14.4 Å². The zero-order chi connectivity index (χ0) is 18.4. The molecule has 2 aromatic carbocycles. The van der Waals surface area contributed by atoms with Crippen molar-refractivity contribution in [3.8, 4) is 0 Å². The largest absolute Gasteiger partial charge is 0.457 e. The number of ketones is 1. The van der Waals surface area contributed by atoms with Crippen molar-refractivity contribution < 1.29 is 19.1 Å². The molecule has 0 spiro atoms. The number of anilines is 1. The van der Waals surface area contributed by atoms with Gasteiger partial charge < -0.3 is 10.1 Å². The van der Waals surface area contributed by atoms with Crippen LogP contribution in [0.15, 0.2) is 42.5 Å². The van der Waals surface area contributed by atoms with Gasteiger partial charge in [-0.2, -0.15) is 0 Å². The normalized spacial score (nSPS) is 10.2. The minimum atomic E-state index is -0.599. The maximum Gasteiger partial charge on any atom is 0.310 e. The monoisotopic (exact) mass is 379 g/mol. The van der Waals surface area contributed by atoms with Gasteiger partial charge in [0.1, 0.15) is 0 Å². The Morgan fingerprint density at radius 3 is 2.16 bits per heavy atom. The van der Waals surface area contributed by atoms with Gasteiger partial charge in [-0.3, -0.25) is 14.4 Å². The van der Waals surface area contributed by atoms with Gasteiger partial charge in [-0.15, -0.1) is 0 Å². The van der Waals surface area contributed by atoms with Gasteiger partial charge >= 0.3 is 5.97 Å². The van der Waals surface area contributed by atoms with Crippen LogP contribution in [-0.4, -0.2) is 24.3 Å². The molecule has 25 heavy (non-hydrogen) atoms. The molecule has 0 aliphatic heterocycles. The molecule has 0 heterocycles. The third-order valence-corrected chi connectivity index (χ3v) is 3.98. The van der Waals surface area contributed by atoms with Crippen LogP contribution < -0.4 is 5.32 Å². The third kappa shape index (κ3) is 5.59. The van der Waals surface area contributed by atoms with Crippen LogP contribution in [0, 0.1) is 0 Å². The summed E-state index contributed by atoms with van der Waals surface area (Å²) < 4.78 is 4.99. The Kier molecular flexibility index (Phi) is 6.56. The first-order chi connectivity index (χ1) is 11.9. The third-order valence-electron chi connectivity index (χ3n) is 3.27. The van der Waals surface area contributed by atoms with Crippen molar-refractivity contribution in [3.05, 3.63) is 63.6 Å². The van der Waals surface area contributed by atoms with Gasteiger partial charge in [-0.25, -0.2) is 0 Å². The molecule has 0 radical (unpaired) electrons. The Hall–Kier alpha value is -2.37. The van der Waals surface area contributed by atoms with E-state index in [1.54, 1.807) is 42.5 Å². The number of Topliss-reactive ketones (excluding diaryl/α,β-unsaturated/α-hetero) is 1. The Bertz CT molecular complexity index is 783. The highest BCUT2D eigenvalue weighted by Crippen LogP contribution is 2.24. The molecule has 0 saturated heterocycles. The number of carbonyl (C=O) groups excluding carboxylic acids is 3. The highest BCUT2D eigenvalue weighted by atomic mass is 35.5. The van der Waals surface area contributed by atoms with E-state index >= 15 is 0 Å². The van der Waals surface area contributed by atoms with Crippen molar-refractivity contribution in [2.45, 2.75) is 13.3 Å². The van der Waals surface area contributed by atoms with E-state index in [4.69, 9.17) is 27.9 Å². The van der Waals surface area contributed by atoms with Crippen LogP contribution in [0.2, 0.25) is 10.0 Å². The highest BCUT2D eigenvalue weighted by molar-refractivity contribution is 6.36. The molecule has 7 heteroatoms. The average molecular weight is 380 g/mol. The maximum absolute atomic E-state index is 12.1. The molecular weight excluding hydrogens is 365 g/mol. The van der Waals surface area contributed by atoms with Crippen molar-refractivity contribution >= 4 is 46.5 Å². The average Bonchev–Trinajstić information content (AvgIpc) is 2.56. The van der Waals surface area contributed by atoms with Crippen molar-refractivity contribution in [1.82, 2.24) is 0 Å². The number of ether oxygens (including phenoxy) is 1. The maximum atomic E-state index is 12.1. The number of esters is 1. The van der Waals surface area contributed by atoms with Crippen molar-refractivity contribution in [2.75, 3.05) is 11.9 Å². The Morgan fingerprint density at radius 2 is 1.60 bits per heavy atom. The Balaban J connectivity index is 1.91. The number of hydrogen-bond donors (Lipinski definition) is 1. The zero-order valence-electron chi connectivity index (χ0n) is 13.3. The van der Waals surface area contributed by atoms with E-state index in [0.717, 1.165) is 0 Å². The van der Waals surface area contributed by atoms with E-state index in [2.05, 4.69) is 5.32 Å². The van der Waals surface area contributed by atoms with Crippen LogP contribution in [0.4, 0.5) is 5.69 Å². The number of nitrogens with one attached hydrogen (secondary N) is 1. The smallest absolute Gasteiger partial charge is 0.310 e. The molecule has 2 aromatic rings. The van der Waals surface area contributed by atoms with Gasteiger partial charge in [0.05, 0.1) is 6.42 Å². The van der Waals surface area contributed by atoms with E-state index in [0.29, 0.717) is 26.9 Å². The van der Waals surface area contributed by atoms with Crippen LogP contribution in [0.5, 0.6) is 0 Å². The first-order valence-electron chi connectivity index (χ1n) is 7.36. The molecule has 5 nitrogen and oxygen atoms in total. The second-order valence-electron chi connectivity index (χ2n) is 5.22. The molecular formula is C18H15Cl2NO4. The quantitative estimate of drug-likeness (QED) is 0.609. The summed E-state index contributed by atoms with van der Waals surface area (Å²) in [6.45, 7) is 1.00. The van der Waals surface area contributed by atoms with Gasteiger partial charge in [0.25, 0.3) is 0 Å². The minimum absolute atomic E-state index is 0.118. The van der Waals surface area contributed by atoms with Gasteiger partial charge in [0.15, 0.2) is 12.4 Å².